The van der Waals surface area contributed by atoms with E-state index in [9.17, 15) is 4.79 Å². The molecule has 0 spiro atoms. The molecule has 1 aliphatic heterocycles. The Kier molecular flexibility index (Phi) is 6.51. The number of anilines is 1. The number of benzene rings is 1. The summed E-state index contributed by atoms with van der Waals surface area (Å²) in [5, 5.41) is 6.03. The predicted octanol–water partition coefficient (Wildman–Crippen LogP) is 4.43. The topological polar surface area (TPSA) is 54.5 Å². The van der Waals surface area contributed by atoms with Crippen LogP contribution >= 0.6 is 22.9 Å². The zero-order chi connectivity index (χ0) is 18.5. The molecule has 0 bridgehead atoms. The molecule has 1 saturated heterocycles. The predicted molar refractivity (Wildman–Crippen MR) is 106 cm³/mol. The van der Waals surface area contributed by atoms with Crippen LogP contribution in [-0.4, -0.2) is 35.0 Å². The van der Waals surface area contributed by atoms with Gasteiger partial charge < -0.3 is 4.74 Å². The molecule has 1 aliphatic rings. The molecule has 5 nitrogen and oxygen atoms in total. The van der Waals surface area contributed by atoms with Gasteiger partial charge in [-0.3, -0.25) is 15.0 Å². The van der Waals surface area contributed by atoms with Crippen molar-refractivity contribution < 1.29 is 9.53 Å². The third-order valence-corrected chi connectivity index (χ3v) is 5.43. The minimum Gasteiger partial charge on any atom is -0.481 e. The molecule has 2 atom stereocenters. The van der Waals surface area contributed by atoms with Gasteiger partial charge >= 0.3 is 0 Å². The Morgan fingerprint density at radius 3 is 3.15 bits per heavy atom. The Bertz CT molecular complexity index is 752. The van der Waals surface area contributed by atoms with Gasteiger partial charge in [0.2, 0.25) is 0 Å². The van der Waals surface area contributed by atoms with Crippen molar-refractivity contribution in [1.29, 1.82) is 0 Å². The van der Waals surface area contributed by atoms with Crippen molar-refractivity contribution in [1.82, 2.24) is 9.88 Å². The fourth-order valence-electron chi connectivity index (χ4n) is 3.10. The average molecular weight is 394 g/mol. The van der Waals surface area contributed by atoms with E-state index in [4.69, 9.17) is 16.3 Å². The Morgan fingerprint density at radius 2 is 2.38 bits per heavy atom. The monoisotopic (exact) mass is 393 g/mol. The van der Waals surface area contributed by atoms with Gasteiger partial charge in [-0.2, -0.15) is 0 Å². The van der Waals surface area contributed by atoms with E-state index in [0.29, 0.717) is 15.9 Å². The van der Waals surface area contributed by atoms with Gasteiger partial charge in [-0.25, -0.2) is 4.98 Å². The van der Waals surface area contributed by atoms with Crippen molar-refractivity contribution in [2.75, 3.05) is 18.4 Å². The number of thiazole rings is 1. The Morgan fingerprint density at radius 1 is 1.54 bits per heavy atom. The third-order valence-electron chi connectivity index (χ3n) is 4.39. The van der Waals surface area contributed by atoms with Crippen LogP contribution in [-0.2, 0) is 11.3 Å². The highest BCUT2D eigenvalue weighted by Crippen LogP contribution is 2.22. The second-order valence-electron chi connectivity index (χ2n) is 6.83. The summed E-state index contributed by atoms with van der Waals surface area (Å²) >= 11 is 7.38. The van der Waals surface area contributed by atoms with Crippen LogP contribution in [0.15, 0.2) is 29.6 Å². The number of aromatic nitrogens is 1. The first kappa shape index (κ1) is 19.1. The molecule has 140 valence electrons. The molecular formula is C19H24ClN3O2S. The normalized spacial score (nSPS) is 19.1. The number of nitrogens with one attached hydrogen (secondary N) is 1. The maximum absolute atomic E-state index is 12.3. The van der Waals surface area contributed by atoms with Crippen molar-refractivity contribution in [2.24, 2.45) is 5.92 Å². The fraction of sp³-hybridized carbons (Fsp3) is 0.474. The summed E-state index contributed by atoms with van der Waals surface area (Å²) in [5.41, 5.74) is 1.00. The lowest BCUT2D eigenvalue weighted by atomic mass is 10.0. The van der Waals surface area contributed by atoms with E-state index >= 15 is 0 Å². The summed E-state index contributed by atoms with van der Waals surface area (Å²) in [6.07, 6.45) is 1.91. The minimum atomic E-state index is -0.635. The van der Waals surface area contributed by atoms with E-state index in [1.54, 1.807) is 31.2 Å². The van der Waals surface area contributed by atoms with Crippen molar-refractivity contribution in [2.45, 2.75) is 39.3 Å². The number of likely N-dealkylation sites (tertiary alicyclic amines) is 1. The minimum absolute atomic E-state index is 0.225. The number of amides is 1. The quantitative estimate of drug-likeness (QED) is 0.788. The molecule has 1 aromatic carbocycles. The Hall–Kier alpha value is -1.63. The number of ether oxygens (including phenoxy) is 1. The van der Waals surface area contributed by atoms with E-state index in [-0.39, 0.29) is 5.91 Å². The van der Waals surface area contributed by atoms with Crippen LogP contribution in [0.25, 0.3) is 0 Å². The van der Waals surface area contributed by atoms with Crippen LogP contribution in [0.5, 0.6) is 5.75 Å². The maximum Gasteiger partial charge on any atom is 0.266 e. The molecule has 3 rings (SSSR count). The van der Waals surface area contributed by atoms with Crippen LogP contribution in [0.4, 0.5) is 5.13 Å². The van der Waals surface area contributed by atoms with Gasteiger partial charge in [0.1, 0.15) is 5.75 Å². The summed E-state index contributed by atoms with van der Waals surface area (Å²) < 4.78 is 5.64. The molecule has 1 aromatic heterocycles. The number of nitrogens with zero attached hydrogens (tertiary/aromatic N) is 2. The van der Waals surface area contributed by atoms with Crippen molar-refractivity contribution in [3.8, 4) is 5.75 Å². The van der Waals surface area contributed by atoms with E-state index in [1.807, 2.05) is 5.38 Å². The number of carbonyl (C=O) groups excluding carboxylic acids is 1. The van der Waals surface area contributed by atoms with Crippen molar-refractivity contribution >= 4 is 34.0 Å². The lowest BCUT2D eigenvalue weighted by molar-refractivity contribution is -0.122. The number of rotatable bonds is 6. The van der Waals surface area contributed by atoms with Gasteiger partial charge in [0, 0.05) is 23.5 Å². The summed E-state index contributed by atoms with van der Waals surface area (Å²) in [5.74, 6) is 1.09. The summed E-state index contributed by atoms with van der Waals surface area (Å²) in [6.45, 7) is 7.07. The zero-order valence-corrected chi connectivity index (χ0v) is 16.6. The average Bonchev–Trinajstić information content (AvgIpc) is 3.01. The summed E-state index contributed by atoms with van der Waals surface area (Å²) in [7, 11) is 0. The van der Waals surface area contributed by atoms with Gasteiger partial charge in [-0.15, -0.1) is 11.3 Å². The molecule has 1 N–H and O–H groups in total. The van der Waals surface area contributed by atoms with Gasteiger partial charge in [0.15, 0.2) is 11.2 Å². The van der Waals surface area contributed by atoms with Crippen LogP contribution in [0.1, 0.15) is 32.4 Å². The Balaban J connectivity index is 1.52. The van der Waals surface area contributed by atoms with Gasteiger partial charge in [-0.05, 0) is 50.4 Å². The van der Waals surface area contributed by atoms with Crippen LogP contribution in [0.3, 0.4) is 0 Å². The largest absolute Gasteiger partial charge is 0.481 e. The van der Waals surface area contributed by atoms with E-state index in [0.717, 1.165) is 31.2 Å². The molecule has 7 heteroatoms. The van der Waals surface area contributed by atoms with Crippen molar-refractivity contribution in [3.05, 3.63) is 40.4 Å². The molecule has 1 amide bonds. The van der Waals surface area contributed by atoms with Crippen molar-refractivity contribution in [3.63, 3.8) is 0 Å². The lowest BCUT2D eigenvalue weighted by Crippen LogP contribution is -2.33. The van der Waals surface area contributed by atoms with E-state index in [2.05, 4.69) is 22.1 Å². The number of hydrogen-bond donors (Lipinski definition) is 1. The zero-order valence-electron chi connectivity index (χ0n) is 15.1. The van der Waals surface area contributed by atoms with E-state index < -0.39 is 6.10 Å². The summed E-state index contributed by atoms with van der Waals surface area (Å²) in [6, 6.07) is 7.01. The highest BCUT2D eigenvalue weighted by atomic mass is 35.5. The lowest BCUT2D eigenvalue weighted by Gasteiger charge is -2.30. The molecule has 0 saturated carbocycles. The van der Waals surface area contributed by atoms with E-state index in [1.165, 1.54) is 24.2 Å². The number of piperidine rings is 1. The molecule has 2 heterocycles. The molecule has 1 fully saturated rings. The highest BCUT2D eigenvalue weighted by molar-refractivity contribution is 7.13. The number of halogens is 1. The van der Waals surface area contributed by atoms with Crippen LogP contribution in [0.2, 0.25) is 5.02 Å². The van der Waals surface area contributed by atoms with Gasteiger partial charge in [-0.1, -0.05) is 24.6 Å². The molecule has 0 radical (unpaired) electrons. The first-order valence-corrected chi connectivity index (χ1v) is 10.1. The number of hydrogen-bond acceptors (Lipinski definition) is 5. The first-order chi connectivity index (χ1) is 12.5. The van der Waals surface area contributed by atoms with Crippen LogP contribution < -0.4 is 10.1 Å². The van der Waals surface area contributed by atoms with Gasteiger partial charge in [0.05, 0.1) is 5.69 Å². The van der Waals surface area contributed by atoms with Gasteiger partial charge in [0.25, 0.3) is 5.91 Å². The molecule has 26 heavy (non-hydrogen) atoms. The number of carbonyl (C=O) groups is 1. The third kappa shape index (κ3) is 5.43. The SMILES string of the molecule is CC1CCCN(Cc2csc(NC(=O)C(C)Oc3cccc(Cl)c3)n2)C1. The van der Waals surface area contributed by atoms with Crippen LogP contribution in [0, 0.1) is 5.92 Å². The standard InChI is InChI=1S/C19H24ClN3O2S/c1-13-5-4-8-23(10-13)11-16-12-26-19(21-16)22-18(24)14(2)25-17-7-3-6-15(20)9-17/h3,6-7,9,12-14H,4-5,8,10-11H2,1-2H3,(H,21,22,24). The summed E-state index contributed by atoms with van der Waals surface area (Å²) in [4.78, 5) is 19.3. The second-order valence-corrected chi connectivity index (χ2v) is 8.13. The molecule has 0 aliphatic carbocycles. The first-order valence-electron chi connectivity index (χ1n) is 8.89. The fourth-order valence-corrected chi connectivity index (χ4v) is 3.99. The maximum atomic E-state index is 12.3. The highest BCUT2D eigenvalue weighted by Gasteiger charge is 2.19. The Labute approximate surface area is 163 Å². The molecule has 2 aromatic rings. The second kappa shape index (κ2) is 8.84. The smallest absolute Gasteiger partial charge is 0.266 e. The molecular weight excluding hydrogens is 370 g/mol. The molecule has 2 unspecified atom stereocenters.